The van der Waals surface area contributed by atoms with Gasteiger partial charge >= 0.3 is 5.97 Å². The first-order valence-electron chi connectivity index (χ1n) is 7.96. The summed E-state index contributed by atoms with van der Waals surface area (Å²) in [6.07, 6.45) is 2.95. The fraction of sp³-hybridized carbons (Fsp3) is 0.0526. The molecule has 1 amide bonds. The summed E-state index contributed by atoms with van der Waals surface area (Å²) in [6.45, 7) is 0. The van der Waals surface area contributed by atoms with Crippen LogP contribution in [0.25, 0.3) is 0 Å². The smallest absolute Gasteiger partial charge is 0.361 e. The first-order chi connectivity index (χ1) is 13.0. The van der Waals surface area contributed by atoms with Gasteiger partial charge in [0.05, 0.1) is 11.8 Å². The molecule has 3 aromatic rings. The maximum Gasteiger partial charge on any atom is 0.361 e. The number of carbonyl (C=O) groups is 2. The van der Waals surface area contributed by atoms with E-state index >= 15 is 0 Å². The van der Waals surface area contributed by atoms with Crippen molar-refractivity contribution in [2.24, 2.45) is 12.1 Å². The van der Waals surface area contributed by atoms with Crippen molar-refractivity contribution < 1.29 is 19.4 Å². The van der Waals surface area contributed by atoms with Gasteiger partial charge in [-0.1, -0.05) is 12.1 Å². The third-order valence-corrected chi connectivity index (χ3v) is 3.65. The molecule has 0 spiro atoms. The third-order valence-electron chi connectivity index (χ3n) is 3.65. The lowest BCUT2D eigenvalue weighted by molar-refractivity contribution is 0.0723. The lowest BCUT2D eigenvalue weighted by atomic mass is 10.2. The number of ether oxygens (including phenoxy) is 1. The highest BCUT2D eigenvalue weighted by atomic mass is 16.5. The van der Waals surface area contributed by atoms with E-state index in [2.05, 4.69) is 15.6 Å². The number of phenolic OH excluding ortho intramolecular Hbond substituents is 1. The Morgan fingerprint density at radius 2 is 1.89 bits per heavy atom. The molecule has 0 aliphatic heterocycles. The molecular formula is C19H16N4O4. The van der Waals surface area contributed by atoms with Gasteiger partial charge in [0, 0.05) is 13.2 Å². The minimum atomic E-state index is -0.522. The Labute approximate surface area is 154 Å². The van der Waals surface area contributed by atoms with Crippen molar-refractivity contribution in [1.82, 2.24) is 15.2 Å². The normalized spacial score (nSPS) is 10.7. The number of aryl methyl sites for hydroxylation is 1. The number of phenols is 1. The second-order valence-electron chi connectivity index (χ2n) is 5.51. The zero-order valence-electron chi connectivity index (χ0n) is 14.4. The topological polar surface area (TPSA) is 106 Å². The predicted molar refractivity (Wildman–Crippen MR) is 97.8 cm³/mol. The Bertz CT molecular complexity index is 993. The van der Waals surface area contributed by atoms with Crippen LogP contribution in [0, 0.1) is 0 Å². The van der Waals surface area contributed by atoms with Gasteiger partial charge in [0.1, 0.15) is 17.2 Å². The summed E-state index contributed by atoms with van der Waals surface area (Å²) in [6, 6.07) is 14.3. The molecule has 8 heteroatoms. The molecule has 0 fully saturated rings. The summed E-state index contributed by atoms with van der Waals surface area (Å²) in [5, 5.41) is 17.4. The molecule has 8 nitrogen and oxygen atoms in total. The number of amides is 1. The molecular weight excluding hydrogens is 348 g/mol. The van der Waals surface area contributed by atoms with Gasteiger partial charge < -0.3 is 9.84 Å². The van der Waals surface area contributed by atoms with Crippen LogP contribution in [-0.2, 0) is 7.05 Å². The average molecular weight is 364 g/mol. The Hall–Kier alpha value is -3.94. The Balaban J connectivity index is 1.58. The molecule has 27 heavy (non-hydrogen) atoms. The van der Waals surface area contributed by atoms with E-state index in [1.54, 1.807) is 49.5 Å². The Kier molecular flexibility index (Phi) is 5.27. The van der Waals surface area contributed by atoms with Gasteiger partial charge in [-0.05, 0) is 48.0 Å². The van der Waals surface area contributed by atoms with Gasteiger partial charge in [-0.15, -0.1) is 0 Å². The SMILES string of the molecule is Cn1nccc1C(=O)Oc1ccc(/C=N\NC(=O)c2ccccc2O)cc1. The summed E-state index contributed by atoms with van der Waals surface area (Å²) in [5.41, 5.74) is 3.50. The number of esters is 1. The Morgan fingerprint density at radius 3 is 2.56 bits per heavy atom. The van der Waals surface area contributed by atoms with Crippen molar-refractivity contribution in [1.29, 1.82) is 0 Å². The highest BCUT2D eigenvalue weighted by Crippen LogP contribution is 2.15. The summed E-state index contributed by atoms with van der Waals surface area (Å²) >= 11 is 0. The van der Waals surface area contributed by atoms with Crippen LogP contribution in [-0.4, -0.2) is 33.0 Å². The molecule has 136 valence electrons. The van der Waals surface area contributed by atoms with Crippen LogP contribution in [0.2, 0.25) is 0 Å². The van der Waals surface area contributed by atoms with Crippen molar-refractivity contribution in [3.8, 4) is 11.5 Å². The molecule has 1 heterocycles. The fourth-order valence-electron chi connectivity index (χ4n) is 2.25. The highest BCUT2D eigenvalue weighted by molar-refractivity contribution is 5.97. The first-order valence-corrected chi connectivity index (χ1v) is 7.96. The number of rotatable bonds is 5. The molecule has 0 saturated carbocycles. The first kappa shape index (κ1) is 17.9. The number of nitrogens with one attached hydrogen (secondary N) is 1. The third kappa shape index (κ3) is 4.37. The van der Waals surface area contributed by atoms with Crippen LogP contribution in [0.15, 0.2) is 65.9 Å². The summed E-state index contributed by atoms with van der Waals surface area (Å²) in [4.78, 5) is 23.9. The Morgan fingerprint density at radius 1 is 1.15 bits per heavy atom. The molecule has 0 aliphatic carbocycles. The fourth-order valence-corrected chi connectivity index (χ4v) is 2.25. The number of benzene rings is 2. The van der Waals surface area contributed by atoms with Gasteiger partial charge in [0.15, 0.2) is 0 Å². The molecule has 1 aromatic heterocycles. The molecule has 0 radical (unpaired) electrons. The lowest BCUT2D eigenvalue weighted by Gasteiger charge is -2.05. The van der Waals surface area contributed by atoms with Crippen LogP contribution < -0.4 is 10.2 Å². The van der Waals surface area contributed by atoms with Crippen LogP contribution in [0.3, 0.4) is 0 Å². The van der Waals surface area contributed by atoms with Crippen LogP contribution in [0.4, 0.5) is 0 Å². The van der Waals surface area contributed by atoms with Gasteiger partial charge in [-0.2, -0.15) is 10.2 Å². The minimum absolute atomic E-state index is 0.121. The monoisotopic (exact) mass is 364 g/mol. The molecule has 0 aliphatic rings. The van der Waals surface area contributed by atoms with E-state index in [-0.39, 0.29) is 11.3 Å². The maximum absolute atomic E-state index is 12.0. The molecule has 0 unspecified atom stereocenters. The second kappa shape index (κ2) is 7.96. The van der Waals surface area contributed by atoms with E-state index in [0.29, 0.717) is 17.0 Å². The van der Waals surface area contributed by atoms with E-state index in [0.717, 1.165) is 0 Å². The van der Waals surface area contributed by atoms with Crippen molar-refractivity contribution in [3.63, 3.8) is 0 Å². The molecule has 0 saturated heterocycles. The average Bonchev–Trinajstić information content (AvgIpc) is 3.09. The minimum Gasteiger partial charge on any atom is -0.507 e. The van der Waals surface area contributed by atoms with Gasteiger partial charge in [0.2, 0.25) is 0 Å². The number of aromatic hydroxyl groups is 1. The number of hydrogen-bond acceptors (Lipinski definition) is 6. The molecule has 3 rings (SSSR count). The van der Waals surface area contributed by atoms with E-state index < -0.39 is 11.9 Å². The largest absolute Gasteiger partial charge is 0.507 e. The van der Waals surface area contributed by atoms with Crippen molar-refractivity contribution >= 4 is 18.1 Å². The zero-order valence-corrected chi connectivity index (χ0v) is 14.4. The molecule has 2 N–H and O–H groups in total. The quantitative estimate of drug-likeness (QED) is 0.312. The van der Waals surface area contributed by atoms with E-state index in [4.69, 9.17) is 4.74 Å². The standard InChI is InChI=1S/C19H16N4O4/c1-23-16(10-11-21-23)19(26)27-14-8-6-13(7-9-14)12-20-22-18(25)15-4-2-3-5-17(15)24/h2-12,24H,1H3,(H,22,25)/b20-12-. The molecule has 2 aromatic carbocycles. The van der Waals surface area contributed by atoms with Crippen LogP contribution in [0.5, 0.6) is 11.5 Å². The zero-order chi connectivity index (χ0) is 19.2. The predicted octanol–water partition coefficient (Wildman–Crippen LogP) is 2.11. The van der Waals surface area contributed by atoms with Gasteiger partial charge in [-0.25, -0.2) is 10.2 Å². The van der Waals surface area contributed by atoms with E-state index in [1.807, 2.05) is 0 Å². The van der Waals surface area contributed by atoms with Crippen molar-refractivity contribution in [2.45, 2.75) is 0 Å². The number of para-hydroxylation sites is 1. The van der Waals surface area contributed by atoms with Gasteiger partial charge in [0.25, 0.3) is 5.91 Å². The van der Waals surface area contributed by atoms with Crippen LogP contribution >= 0.6 is 0 Å². The second-order valence-corrected chi connectivity index (χ2v) is 5.51. The van der Waals surface area contributed by atoms with Crippen LogP contribution in [0.1, 0.15) is 26.4 Å². The van der Waals surface area contributed by atoms with Crippen molar-refractivity contribution in [2.75, 3.05) is 0 Å². The number of nitrogens with zero attached hydrogens (tertiary/aromatic N) is 3. The summed E-state index contributed by atoms with van der Waals surface area (Å²) in [5.74, 6) is -0.779. The van der Waals surface area contributed by atoms with Gasteiger partial charge in [-0.3, -0.25) is 9.48 Å². The van der Waals surface area contributed by atoms with E-state index in [1.165, 1.54) is 29.2 Å². The summed E-state index contributed by atoms with van der Waals surface area (Å²) in [7, 11) is 1.65. The number of aromatic nitrogens is 2. The highest BCUT2D eigenvalue weighted by Gasteiger charge is 2.12. The molecule has 0 atom stereocenters. The summed E-state index contributed by atoms with van der Waals surface area (Å²) < 4.78 is 6.69. The number of carbonyl (C=O) groups excluding carboxylic acids is 2. The van der Waals surface area contributed by atoms with E-state index in [9.17, 15) is 14.7 Å². The maximum atomic E-state index is 12.0. The van der Waals surface area contributed by atoms with Crippen molar-refractivity contribution in [3.05, 3.63) is 77.6 Å². The lowest BCUT2D eigenvalue weighted by Crippen LogP contribution is -2.17. The number of hydrazone groups is 1. The molecule has 0 bridgehead atoms. The number of hydrogen-bond donors (Lipinski definition) is 2.